The summed E-state index contributed by atoms with van der Waals surface area (Å²) in [6.45, 7) is 3.17. The van der Waals surface area contributed by atoms with Crippen molar-refractivity contribution in [3.05, 3.63) is 33.8 Å². The van der Waals surface area contributed by atoms with Crippen LogP contribution >= 0.6 is 23.2 Å². The van der Waals surface area contributed by atoms with Gasteiger partial charge >= 0.3 is 0 Å². The predicted octanol–water partition coefficient (Wildman–Crippen LogP) is 2.13. The second kappa shape index (κ2) is 8.70. The fourth-order valence-electron chi connectivity index (χ4n) is 2.27. The Bertz CT molecular complexity index is 514. The van der Waals surface area contributed by atoms with E-state index in [1.807, 2.05) is 6.07 Å². The van der Waals surface area contributed by atoms with Crippen LogP contribution in [-0.2, 0) is 14.3 Å². The van der Waals surface area contributed by atoms with Gasteiger partial charge in [0.05, 0.1) is 36.3 Å². The van der Waals surface area contributed by atoms with E-state index in [1.54, 1.807) is 24.1 Å². The normalized spacial score (nSPS) is 18.5. The van der Waals surface area contributed by atoms with Crippen LogP contribution in [0.3, 0.4) is 0 Å². The molecular formula is C15H20Cl2N2O3. The van der Waals surface area contributed by atoms with Gasteiger partial charge in [0, 0.05) is 20.2 Å². The minimum Gasteiger partial charge on any atom is -0.383 e. The van der Waals surface area contributed by atoms with Gasteiger partial charge in [0.25, 0.3) is 0 Å². The molecule has 0 aromatic heterocycles. The molecule has 1 aromatic rings. The first-order valence-electron chi connectivity index (χ1n) is 7.16. The quantitative estimate of drug-likeness (QED) is 0.801. The lowest BCUT2D eigenvalue weighted by molar-refractivity contribution is -0.138. The third kappa shape index (κ3) is 4.83. The van der Waals surface area contributed by atoms with Crippen LogP contribution in [0.2, 0.25) is 10.0 Å². The summed E-state index contributed by atoms with van der Waals surface area (Å²) in [6.07, 6.45) is -0.175. The first-order valence-corrected chi connectivity index (χ1v) is 7.91. The number of halogens is 2. The number of nitrogens with zero attached hydrogens (tertiary/aromatic N) is 1. The van der Waals surface area contributed by atoms with Crippen molar-refractivity contribution in [2.24, 2.45) is 0 Å². The van der Waals surface area contributed by atoms with Gasteiger partial charge in [-0.25, -0.2) is 0 Å². The zero-order chi connectivity index (χ0) is 15.9. The highest BCUT2D eigenvalue weighted by Crippen LogP contribution is 2.28. The molecule has 1 aromatic carbocycles. The molecule has 0 radical (unpaired) electrons. The number of nitrogens with one attached hydrogen (secondary N) is 1. The van der Waals surface area contributed by atoms with Crippen molar-refractivity contribution >= 4 is 29.1 Å². The predicted molar refractivity (Wildman–Crippen MR) is 86.5 cm³/mol. The first kappa shape index (κ1) is 17.5. The van der Waals surface area contributed by atoms with Crippen LogP contribution in [0.5, 0.6) is 0 Å². The van der Waals surface area contributed by atoms with Crippen LogP contribution in [0.4, 0.5) is 0 Å². The standard InChI is InChI=1S/C15H20Cl2N2O3/c1-21-6-4-18-9-15(20)19-5-7-22-14(10-19)11-2-3-12(16)13(17)8-11/h2-3,8,14,18H,4-7,9-10H2,1H3. The van der Waals surface area contributed by atoms with E-state index in [0.29, 0.717) is 49.4 Å². The molecule has 1 N–H and O–H groups in total. The lowest BCUT2D eigenvalue weighted by Gasteiger charge is -2.33. The van der Waals surface area contributed by atoms with Gasteiger partial charge in [-0.2, -0.15) is 0 Å². The van der Waals surface area contributed by atoms with Crippen molar-refractivity contribution < 1.29 is 14.3 Å². The molecule has 122 valence electrons. The van der Waals surface area contributed by atoms with Crippen molar-refractivity contribution in [1.29, 1.82) is 0 Å². The smallest absolute Gasteiger partial charge is 0.236 e. The maximum atomic E-state index is 12.2. The Morgan fingerprint density at radius 1 is 1.45 bits per heavy atom. The summed E-state index contributed by atoms with van der Waals surface area (Å²) in [7, 11) is 1.63. The summed E-state index contributed by atoms with van der Waals surface area (Å²) >= 11 is 12.0. The Morgan fingerprint density at radius 2 is 2.27 bits per heavy atom. The second-order valence-electron chi connectivity index (χ2n) is 5.04. The largest absolute Gasteiger partial charge is 0.383 e. The number of rotatable bonds is 6. The van der Waals surface area contributed by atoms with E-state index in [1.165, 1.54) is 0 Å². The monoisotopic (exact) mass is 346 g/mol. The van der Waals surface area contributed by atoms with E-state index in [-0.39, 0.29) is 12.0 Å². The summed E-state index contributed by atoms with van der Waals surface area (Å²) in [5, 5.41) is 4.06. The number of ether oxygens (including phenoxy) is 2. The summed E-state index contributed by atoms with van der Waals surface area (Å²) in [6, 6.07) is 5.42. The van der Waals surface area contributed by atoms with Crippen LogP contribution in [0, 0.1) is 0 Å². The minimum absolute atomic E-state index is 0.0597. The van der Waals surface area contributed by atoms with E-state index >= 15 is 0 Å². The Balaban J connectivity index is 1.90. The van der Waals surface area contributed by atoms with E-state index in [4.69, 9.17) is 32.7 Å². The van der Waals surface area contributed by atoms with Gasteiger partial charge in [0.1, 0.15) is 6.10 Å². The molecule has 1 fully saturated rings. The van der Waals surface area contributed by atoms with E-state index in [2.05, 4.69) is 5.32 Å². The SMILES string of the molecule is COCCNCC(=O)N1CCOC(c2ccc(Cl)c(Cl)c2)C1. The Kier molecular flexibility index (Phi) is 6.92. The first-order chi connectivity index (χ1) is 10.6. The molecule has 1 saturated heterocycles. The van der Waals surface area contributed by atoms with Gasteiger partial charge in [-0.3, -0.25) is 4.79 Å². The number of benzene rings is 1. The average molecular weight is 347 g/mol. The topological polar surface area (TPSA) is 50.8 Å². The van der Waals surface area contributed by atoms with Crippen LogP contribution in [-0.4, -0.2) is 57.3 Å². The summed E-state index contributed by atoms with van der Waals surface area (Å²) in [5.41, 5.74) is 0.930. The molecule has 0 bridgehead atoms. The van der Waals surface area contributed by atoms with E-state index < -0.39 is 0 Å². The maximum absolute atomic E-state index is 12.2. The van der Waals surface area contributed by atoms with Gasteiger partial charge in [-0.05, 0) is 17.7 Å². The van der Waals surface area contributed by atoms with Gasteiger partial charge in [-0.15, -0.1) is 0 Å². The van der Waals surface area contributed by atoms with Crippen LogP contribution in [0.25, 0.3) is 0 Å². The van der Waals surface area contributed by atoms with Crippen molar-refractivity contribution in [3.63, 3.8) is 0 Å². The molecular weight excluding hydrogens is 327 g/mol. The summed E-state index contributed by atoms with van der Waals surface area (Å²) < 4.78 is 10.7. The molecule has 1 aliphatic heterocycles. The van der Waals surface area contributed by atoms with Crippen LogP contribution in [0.15, 0.2) is 18.2 Å². The molecule has 0 spiro atoms. The van der Waals surface area contributed by atoms with E-state index in [9.17, 15) is 4.79 Å². The molecule has 5 nitrogen and oxygen atoms in total. The number of hydrogen-bond donors (Lipinski definition) is 1. The highest BCUT2D eigenvalue weighted by Gasteiger charge is 2.25. The number of amides is 1. The third-order valence-corrected chi connectivity index (χ3v) is 4.23. The van der Waals surface area contributed by atoms with Gasteiger partial charge in [0.15, 0.2) is 0 Å². The molecule has 1 aliphatic rings. The zero-order valence-electron chi connectivity index (χ0n) is 12.5. The number of methoxy groups -OCH3 is 1. The average Bonchev–Trinajstić information content (AvgIpc) is 2.54. The minimum atomic E-state index is -0.175. The molecule has 1 unspecified atom stereocenters. The van der Waals surface area contributed by atoms with Crippen molar-refractivity contribution in [1.82, 2.24) is 10.2 Å². The maximum Gasteiger partial charge on any atom is 0.236 e. The number of hydrogen-bond acceptors (Lipinski definition) is 4. The Morgan fingerprint density at radius 3 is 3.00 bits per heavy atom. The molecule has 1 heterocycles. The number of carbonyl (C=O) groups is 1. The summed E-state index contributed by atoms with van der Waals surface area (Å²) in [5.74, 6) is 0.0597. The Labute approximate surface area is 140 Å². The van der Waals surface area contributed by atoms with Crippen molar-refractivity contribution in [3.8, 4) is 0 Å². The van der Waals surface area contributed by atoms with Crippen LogP contribution < -0.4 is 5.32 Å². The molecule has 0 saturated carbocycles. The van der Waals surface area contributed by atoms with Crippen molar-refractivity contribution in [2.75, 3.05) is 46.5 Å². The lowest BCUT2D eigenvalue weighted by atomic mass is 10.1. The molecule has 1 atom stereocenters. The number of morpholine rings is 1. The lowest BCUT2D eigenvalue weighted by Crippen LogP contribution is -2.46. The van der Waals surface area contributed by atoms with Crippen LogP contribution in [0.1, 0.15) is 11.7 Å². The highest BCUT2D eigenvalue weighted by molar-refractivity contribution is 6.42. The molecule has 1 amide bonds. The van der Waals surface area contributed by atoms with Gasteiger partial charge in [-0.1, -0.05) is 29.3 Å². The summed E-state index contributed by atoms with van der Waals surface area (Å²) in [4.78, 5) is 14.0. The van der Waals surface area contributed by atoms with E-state index in [0.717, 1.165) is 5.56 Å². The zero-order valence-corrected chi connectivity index (χ0v) is 14.0. The van der Waals surface area contributed by atoms with Crippen molar-refractivity contribution in [2.45, 2.75) is 6.10 Å². The fraction of sp³-hybridized carbons (Fsp3) is 0.533. The second-order valence-corrected chi connectivity index (χ2v) is 5.86. The molecule has 0 aliphatic carbocycles. The molecule has 7 heteroatoms. The highest BCUT2D eigenvalue weighted by atomic mass is 35.5. The molecule has 2 rings (SSSR count). The Hall–Kier alpha value is -0.850. The molecule has 22 heavy (non-hydrogen) atoms. The third-order valence-electron chi connectivity index (χ3n) is 3.49. The van der Waals surface area contributed by atoms with Gasteiger partial charge < -0.3 is 19.7 Å². The fourth-order valence-corrected chi connectivity index (χ4v) is 2.58. The van der Waals surface area contributed by atoms with Gasteiger partial charge in [0.2, 0.25) is 5.91 Å². The number of carbonyl (C=O) groups excluding carboxylic acids is 1.